The van der Waals surface area contributed by atoms with E-state index in [1.807, 2.05) is 49.0 Å². The molecule has 0 spiro atoms. The lowest BCUT2D eigenvalue weighted by Gasteiger charge is -2.20. The summed E-state index contributed by atoms with van der Waals surface area (Å²) in [7, 11) is 0. The minimum Gasteiger partial charge on any atom is -0.293 e. The van der Waals surface area contributed by atoms with Crippen molar-refractivity contribution in [2.24, 2.45) is 0 Å². The molecule has 1 aromatic heterocycles. The second-order valence-corrected chi connectivity index (χ2v) is 6.39. The largest absolute Gasteiger partial charge is 0.293 e. The molecule has 0 amide bonds. The molecule has 98 valence electrons. The van der Waals surface area contributed by atoms with Crippen molar-refractivity contribution in [1.29, 1.82) is 0 Å². The maximum Gasteiger partial charge on any atom is 0.175 e. The van der Waals surface area contributed by atoms with Crippen molar-refractivity contribution in [2.75, 3.05) is 5.75 Å². The first-order valence-corrected chi connectivity index (χ1v) is 7.82. The number of hydrogen-bond acceptors (Lipinski definition) is 3. The molecule has 0 N–H and O–H groups in total. The summed E-state index contributed by atoms with van der Waals surface area (Å²) in [5.74, 6) is 1.40. The Morgan fingerprint density at radius 3 is 2.95 bits per heavy atom. The quantitative estimate of drug-likeness (QED) is 0.773. The maximum absolute atomic E-state index is 12.5. The van der Waals surface area contributed by atoms with E-state index in [0.717, 1.165) is 34.3 Å². The summed E-state index contributed by atoms with van der Waals surface area (Å²) >= 11 is 1.81. The van der Waals surface area contributed by atoms with Crippen LogP contribution >= 0.6 is 11.8 Å². The Kier molecular flexibility index (Phi) is 3.56. The van der Waals surface area contributed by atoms with Crippen molar-refractivity contribution in [3.8, 4) is 0 Å². The number of ketones is 1. The van der Waals surface area contributed by atoms with Gasteiger partial charge in [-0.3, -0.25) is 9.78 Å². The molecule has 1 atom stereocenters. The number of rotatable bonds is 2. The van der Waals surface area contributed by atoms with Crippen molar-refractivity contribution >= 4 is 28.4 Å². The van der Waals surface area contributed by atoms with Crippen LogP contribution in [0.1, 0.15) is 35.3 Å². The number of pyridine rings is 1. The molecule has 2 aromatic rings. The van der Waals surface area contributed by atoms with Crippen molar-refractivity contribution in [1.82, 2.24) is 4.98 Å². The van der Waals surface area contributed by atoms with E-state index in [0.29, 0.717) is 0 Å². The van der Waals surface area contributed by atoms with Gasteiger partial charge in [0.15, 0.2) is 5.78 Å². The van der Waals surface area contributed by atoms with Gasteiger partial charge in [-0.15, -0.1) is 0 Å². The van der Waals surface area contributed by atoms with E-state index in [4.69, 9.17) is 0 Å². The summed E-state index contributed by atoms with van der Waals surface area (Å²) in [5.41, 5.74) is 2.81. The molecular weight excluding hydrogens is 254 g/mol. The number of nitrogens with zero attached hydrogens (tertiary/aromatic N) is 1. The van der Waals surface area contributed by atoms with Crippen LogP contribution in [0.4, 0.5) is 0 Å². The third-order valence-corrected chi connectivity index (χ3v) is 4.96. The molecule has 2 nitrogen and oxygen atoms in total. The number of Topliss-reactive ketones (excluding diaryl/α,β-unsaturated/α-hetero) is 1. The molecule has 3 heteroatoms. The third kappa shape index (κ3) is 2.66. The fraction of sp³-hybridized carbons (Fsp3) is 0.375. The number of carbonyl (C=O) groups is 1. The summed E-state index contributed by atoms with van der Waals surface area (Å²) in [4.78, 5) is 16.9. The standard InChI is InChI=1S/C16H17NOS/c1-11-5-6-12-10-13(7-8-14(12)17-11)16(18)15-4-2-3-9-19-15/h5-8,10,15H,2-4,9H2,1H3. The molecule has 1 saturated heterocycles. The van der Waals surface area contributed by atoms with Crippen molar-refractivity contribution < 1.29 is 4.79 Å². The van der Waals surface area contributed by atoms with Crippen molar-refractivity contribution in [2.45, 2.75) is 31.4 Å². The topological polar surface area (TPSA) is 30.0 Å². The molecule has 0 aliphatic carbocycles. The Morgan fingerprint density at radius 1 is 1.26 bits per heavy atom. The van der Waals surface area contributed by atoms with Gasteiger partial charge in [-0.1, -0.05) is 12.5 Å². The van der Waals surface area contributed by atoms with Crippen LogP contribution in [0.2, 0.25) is 0 Å². The van der Waals surface area contributed by atoms with E-state index in [1.54, 1.807) is 0 Å². The fourth-order valence-electron chi connectivity index (χ4n) is 2.51. The highest BCUT2D eigenvalue weighted by Gasteiger charge is 2.23. The monoisotopic (exact) mass is 271 g/mol. The molecular formula is C16H17NOS. The lowest BCUT2D eigenvalue weighted by atomic mass is 10.0. The molecule has 0 bridgehead atoms. The lowest BCUT2D eigenvalue weighted by Crippen LogP contribution is -2.20. The number of carbonyl (C=O) groups excluding carboxylic acids is 1. The van der Waals surface area contributed by atoms with Gasteiger partial charge in [0.2, 0.25) is 0 Å². The van der Waals surface area contributed by atoms with Crippen LogP contribution in [0.15, 0.2) is 30.3 Å². The van der Waals surface area contributed by atoms with Gasteiger partial charge in [-0.25, -0.2) is 0 Å². The zero-order valence-electron chi connectivity index (χ0n) is 11.1. The molecule has 1 aromatic carbocycles. The molecule has 3 rings (SSSR count). The Bertz CT molecular complexity index is 617. The van der Waals surface area contributed by atoms with Crippen LogP contribution < -0.4 is 0 Å². The van der Waals surface area contributed by atoms with E-state index in [1.165, 1.54) is 12.8 Å². The molecule has 19 heavy (non-hydrogen) atoms. The molecule has 1 aliphatic rings. The summed E-state index contributed by atoms with van der Waals surface area (Å²) < 4.78 is 0. The van der Waals surface area contributed by atoms with Crippen molar-refractivity contribution in [3.05, 3.63) is 41.6 Å². The van der Waals surface area contributed by atoms with Crippen LogP contribution in [0.5, 0.6) is 0 Å². The third-order valence-electron chi connectivity index (χ3n) is 3.59. The SMILES string of the molecule is Cc1ccc2cc(C(=O)C3CCCCS3)ccc2n1. The molecule has 1 unspecified atom stereocenters. The van der Waals surface area contributed by atoms with Crippen LogP contribution in [0.25, 0.3) is 10.9 Å². The Labute approximate surface area is 117 Å². The van der Waals surface area contributed by atoms with Gasteiger partial charge in [0, 0.05) is 16.6 Å². The minimum absolute atomic E-state index is 0.157. The van der Waals surface area contributed by atoms with E-state index < -0.39 is 0 Å². The number of benzene rings is 1. The van der Waals surface area contributed by atoms with Gasteiger partial charge >= 0.3 is 0 Å². The number of fused-ring (bicyclic) bond motifs is 1. The lowest BCUT2D eigenvalue weighted by molar-refractivity contribution is 0.0985. The van der Waals surface area contributed by atoms with Gasteiger partial charge in [0.1, 0.15) is 0 Å². The fourth-order valence-corrected chi connectivity index (χ4v) is 3.79. The number of thioether (sulfide) groups is 1. The average molecular weight is 271 g/mol. The normalized spacial score (nSPS) is 19.5. The average Bonchev–Trinajstić information content (AvgIpc) is 2.47. The first kappa shape index (κ1) is 12.7. The molecule has 0 radical (unpaired) electrons. The van der Waals surface area contributed by atoms with E-state index >= 15 is 0 Å². The molecule has 1 aliphatic heterocycles. The van der Waals surface area contributed by atoms with E-state index in [-0.39, 0.29) is 11.0 Å². The Morgan fingerprint density at radius 2 is 2.16 bits per heavy atom. The molecule has 1 fully saturated rings. The summed E-state index contributed by atoms with van der Waals surface area (Å²) in [6.45, 7) is 1.98. The van der Waals surface area contributed by atoms with Crippen LogP contribution in [-0.2, 0) is 0 Å². The van der Waals surface area contributed by atoms with E-state index in [9.17, 15) is 4.79 Å². The van der Waals surface area contributed by atoms with Crippen LogP contribution in [0, 0.1) is 6.92 Å². The highest BCUT2D eigenvalue weighted by atomic mass is 32.2. The predicted molar refractivity (Wildman–Crippen MR) is 80.9 cm³/mol. The number of hydrogen-bond donors (Lipinski definition) is 0. The van der Waals surface area contributed by atoms with Crippen LogP contribution in [0.3, 0.4) is 0 Å². The first-order valence-electron chi connectivity index (χ1n) is 6.77. The van der Waals surface area contributed by atoms with Gasteiger partial charge in [-0.05, 0) is 49.8 Å². The Hall–Kier alpha value is -1.35. The number of aromatic nitrogens is 1. The molecule has 2 heterocycles. The first-order chi connectivity index (χ1) is 9.24. The van der Waals surface area contributed by atoms with Gasteiger partial charge in [0.05, 0.1) is 10.8 Å². The second kappa shape index (κ2) is 5.33. The highest BCUT2D eigenvalue weighted by molar-refractivity contribution is 8.00. The smallest absolute Gasteiger partial charge is 0.175 e. The van der Waals surface area contributed by atoms with Gasteiger partial charge in [0.25, 0.3) is 0 Å². The number of aryl methyl sites for hydroxylation is 1. The zero-order chi connectivity index (χ0) is 13.2. The van der Waals surface area contributed by atoms with Gasteiger partial charge < -0.3 is 0 Å². The van der Waals surface area contributed by atoms with E-state index in [2.05, 4.69) is 4.98 Å². The van der Waals surface area contributed by atoms with Crippen LogP contribution in [-0.4, -0.2) is 21.8 Å². The summed E-state index contributed by atoms with van der Waals surface area (Å²) in [6, 6.07) is 9.91. The zero-order valence-corrected chi connectivity index (χ0v) is 11.9. The summed E-state index contributed by atoms with van der Waals surface area (Å²) in [6.07, 6.45) is 3.45. The highest BCUT2D eigenvalue weighted by Crippen LogP contribution is 2.28. The molecule has 0 saturated carbocycles. The van der Waals surface area contributed by atoms with Gasteiger partial charge in [-0.2, -0.15) is 11.8 Å². The predicted octanol–water partition coefficient (Wildman–Crippen LogP) is 4.01. The minimum atomic E-state index is 0.157. The Balaban J connectivity index is 1.92. The van der Waals surface area contributed by atoms with Crippen molar-refractivity contribution in [3.63, 3.8) is 0 Å². The maximum atomic E-state index is 12.5. The second-order valence-electron chi connectivity index (χ2n) is 5.08. The summed E-state index contributed by atoms with van der Waals surface area (Å²) in [5, 5.41) is 1.21.